The molecule has 2 bridgehead atoms. The monoisotopic (exact) mass is 455 g/mol. The van der Waals surface area contributed by atoms with Crippen molar-refractivity contribution in [3.8, 4) is 11.1 Å². The lowest BCUT2D eigenvalue weighted by Gasteiger charge is -2.51. The largest absolute Gasteiger partial charge is 0.302 e. The maximum Gasteiger partial charge on any atom is 0.239 e. The Hall–Kier alpha value is -4.31. The zero-order valence-corrected chi connectivity index (χ0v) is 18.8. The van der Waals surface area contributed by atoms with Crippen LogP contribution in [0.5, 0.6) is 0 Å². The SMILES string of the molecule is O=CC12c3ccccc3C(c3ccccc31)[C@H]1C(=O)N(c3ccccc3-c3ccccc3)C(=O)[C@@H]12. The minimum atomic E-state index is -1.18. The topological polar surface area (TPSA) is 54.5 Å². The van der Waals surface area contributed by atoms with Crippen LogP contribution in [0.15, 0.2) is 103 Å². The van der Waals surface area contributed by atoms with E-state index in [9.17, 15) is 14.4 Å². The van der Waals surface area contributed by atoms with Crippen LogP contribution >= 0.6 is 0 Å². The summed E-state index contributed by atoms with van der Waals surface area (Å²) in [4.78, 5) is 42.9. The fourth-order valence-electron chi connectivity index (χ4n) is 6.80. The third kappa shape index (κ3) is 2.39. The first-order valence-corrected chi connectivity index (χ1v) is 11.9. The molecule has 1 fully saturated rings. The standard InChI is InChI=1S/C31H21NO3/c33-18-31-23-15-7-4-13-21(23)26(22-14-5-8-16-24(22)31)27-28(31)30(35)32(29(27)34)25-17-9-6-12-20(25)19-10-2-1-3-11-19/h1-18,26-28H/t26?,27-,28-,31?/m1/s1. The predicted molar refractivity (Wildman–Crippen MR) is 133 cm³/mol. The highest BCUT2D eigenvalue weighted by molar-refractivity contribution is 6.26. The molecule has 168 valence electrons. The van der Waals surface area contributed by atoms with Gasteiger partial charge in [0.15, 0.2) is 0 Å². The Morgan fingerprint density at radius 1 is 0.657 bits per heavy atom. The average Bonchev–Trinajstić information content (AvgIpc) is 3.19. The van der Waals surface area contributed by atoms with Crippen molar-refractivity contribution in [2.75, 3.05) is 4.90 Å². The van der Waals surface area contributed by atoms with Crippen molar-refractivity contribution in [3.05, 3.63) is 125 Å². The van der Waals surface area contributed by atoms with E-state index >= 15 is 0 Å². The summed E-state index contributed by atoms with van der Waals surface area (Å²) in [6, 6.07) is 32.9. The molecule has 4 aliphatic rings. The molecule has 0 radical (unpaired) electrons. The second kappa shape index (κ2) is 7.09. The lowest BCUT2D eigenvalue weighted by Crippen LogP contribution is -2.54. The van der Waals surface area contributed by atoms with Crippen molar-refractivity contribution >= 4 is 23.8 Å². The van der Waals surface area contributed by atoms with Gasteiger partial charge >= 0.3 is 0 Å². The molecule has 0 saturated carbocycles. The van der Waals surface area contributed by atoms with Gasteiger partial charge in [-0.1, -0.05) is 97.1 Å². The Bertz CT molecular complexity index is 1490. The maximum atomic E-state index is 14.3. The number of carbonyl (C=O) groups excluding carboxylic acids is 3. The number of amides is 2. The fourth-order valence-corrected chi connectivity index (χ4v) is 6.80. The van der Waals surface area contributed by atoms with Gasteiger partial charge in [0.05, 0.1) is 22.9 Å². The summed E-state index contributed by atoms with van der Waals surface area (Å²) < 4.78 is 0. The van der Waals surface area contributed by atoms with Gasteiger partial charge in [-0.2, -0.15) is 0 Å². The molecular weight excluding hydrogens is 434 g/mol. The van der Waals surface area contributed by atoms with E-state index in [1.165, 1.54) is 4.90 Å². The van der Waals surface area contributed by atoms with Crippen molar-refractivity contribution in [2.24, 2.45) is 11.8 Å². The van der Waals surface area contributed by atoms with Gasteiger partial charge in [0, 0.05) is 11.5 Å². The average molecular weight is 456 g/mol. The number of anilines is 1. The molecule has 4 heteroatoms. The molecule has 35 heavy (non-hydrogen) atoms. The molecule has 4 aromatic rings. The molecule has 8 rings (SSSR count). The number of carbonyl (C=O) groups is 3. The van der Waals surface area contributed by atoms with E-state index in [2.05, 4.69) is 0 Å². The van der Waals surface area contributed by atoms with E-state index in [0.717, 1.165) is 39.7 Å². The van der Waals surface area contributed by atoms with Crippen molar-refractivity contribution in [2.45, 2.75) is 11.3 Å². The van der Waals surface area contributed by atoms with E-state index in [4.69, 9.17) is 0 Å². The second-order valence-corrected chi connectivity index (χ2v) is 9.54. The van der Waals surface area contributed by atoms with Gasteiger partial charge in [0.1, 0.15) is 6.29 Å². The van der Waals surface area contributed by atoms with Crippen LogP contribution in [0.25, 0.3) is 11.1 Å². The number of aldehydes is 1. The number of imide groups is 1. The van der Waals surface area contributed by atoms with Crippen molar-refractivity contribution < 1.29 is 14.4 Å². The summed E-state index contributed by atoms with van der Waals surface area (Å²) in [5, 5.41) is 0. The zero-order valence-electron chi connectivity index (χ0n) is 18.8. The van der Waals surface area contributed by atoms with Gasteiger partial charge in [-0.25, -0.2) is 4.90 Å². The second-order valence-electron chi connectivity index (χ2n) is 9.54. The Kier molecular flexibility index (Phi) is 4.07. The van der Waals surface area contributed by atoms with E-state index in [0.29, 0.717) is 5.69 Å². The molecule has 1 heterocycles. The quantitative estimate of drug-likeness (QED) is 0.319. The molecule has 0 aromatic heterocycles. The lowest BCUT2D eigenvalue weighted by molar-refractivity contribution is -0.128. The summed E-state index contributed by atoms with van der Waals surface area (Å²) in [6.45, 7) is 0. The van der Waals surface area contributed by atoms with Crippen LogP contribution in [0.2, 0.25) is 0 Å². The summed E-state index contributed by atoms with van der Waals surface area (Å²) in [5.41, 5.74) is 4.76. The minimum Gasteiger partial charge on any atom is -0.302 e. The third-order valence-corrected chi connectivity index (χ3v) is 8.10. The molecule has 1 aliphatic heterocycles. The van der Waals surface area contributed by atoms with Gasteiger partial charge < -0.3 is 4.79 Å². The first-order valence-electron chi connectivity index (χ1n) is 11.9. The van der Waals surface area contributed by atoms with Gasteiger partial charge in [-0.3, -0.25) is 9.59 Å². The Labute approximate surface area is 202 Å². The van der Waals surface area contributed by atoms with Gasteiger partial charge in [-0.15, -0.1) is 0 Å². The summed E-state index contributed by atoms with van der Waals surface area (Å²) in [6.07, 6.45) is 0.912. The van der Waals surface area contributed by atoms with E-state index in [1.807, 2.05) is 103 Å². The Morgan fingerprint density at radius 3 is 1.89 bits per heavy atom. The first-order chi connectivity index (χ1) is 17.2. The van der Waals surface area contributed by atoms with Crippen LogP contribution in [0.1, 0.15) is 28.2 Å². The molecular formula is C31H21NO3. The van der Waals surface area contributed by atoms with E-state index in [1.54, 1.807) is 0 Å². The summed E-state index contributed by atoms with van der Waals surface area (Å²) >= 11 is 0. The predicted octanol–water partition coefficient (Wildman–Crippen LogP) is 5.10. The van der Waals surface area contributed by atoms with Crippen molar-refractivity contribution in [1.82, 2.24) is 0 Å². The summed E-state index contributed by atoms with van der Waals surface area (Å²) in [7, 11) is 0. The van der Waals surface area contributed by atoms with Crippen LogP contribution in [-0.4, -0.2) is 18.1 Å². The third-order valence-electron chi connectivity index (χ3n) is 8.10. The number of hydrogen-bond donors (Lipinski definition) is 0. The minimum absolute atomic E-state index is 0.233. The van der Waals surface area contributed by atoms with Crippen LogP contribution < -0.4 is 4.90 Å². The maximum absolute atomic E-state index is 14.3. The van der Waals surface area contributed by atoms with Gasteiger partial charge in [0.2, 0.25) is 11.8 Å². The number of nitrogens with zero attached hydrogens (tertiary/aromatic N) is 1. The highest BCUT2D eigenvalue weighted by Crippen LogP contribution is 2.63. The lowest BCUT2D eigenvalue weighted by atomic mass is 9.48. The molecule has 2 atom stereocenters. The fraction of sp³-hybridized carbons (Fsp3) is 0.129. The smallest absolute Gasteiger partial charge is 0.239 e. The molecule has 2 amide bonds. The molecule has 0 spiro atoms. The number of para-hydroxylation sites is 1. The number of hydrogen-bond acceptors (Lipinski definition) is 3. The van der Waals surface area contributed by atoms with E-state index < -0.39 is 17.3 Å². The molecule has 0 unspecified atom stereocenters. The molecule has 4 aromatic carbocycles. The molecule has 1 saturated heterocycles. The van der Waals surface area contributed by atoms with Crippen molar-refractivity contribution in [3.63, 3.8) is 0 Å². The molecule has 0 N–H and O–H groups in total. The normalized spacial score (nSPS) is 25.7. The van der Waals surface area contributed by atoms with E-state index in [-0.39, 0.29) is 17.7 Å². The van der Waals surface area contributed by atoms with Crippen LogP contribution in [0.4, 0.5) is 5.69 Å². The molecule has 3 aliphatic carbocycles. The van der Waals surface area contributed by atoms with Crippen LogP contribution in [0, 0.1) is 11.8 Å². The Morgan fingerprint density at radius 2 is 1.23 bits per heavy atom. The molecule has 4 nitrogen and oxygen atoms in total. The number of rotatable bonds is 3. The highest BCUT2D eigenvalue weighted by Gasteiger charge is 2.68. The number of benzene rings is 4. The van der Waals surface area contributed by atoms with Gasteiger partial charge in [-0.05, 0) is 33.9 Å². The highest BCUT2D eigenvalue weighted by atomic mass is 16.2. The Balaban J connectivity index is 1.48. The first kappa shape index (κ1) is 20.1. The van der Waals surface area contributed by atoms with Crippen molar-refractivity contribution in [1.29, 1.82) is 0 Å². The zero-order chi connectivity index (χ0) is 23.7. The van der Waals surface area contributed by atoms with Gasteiger partial charge in [0.25, 0.3) is 0 Å². The van der Waals surface area contributed by atoms with Crippen LogP contribution in [0.3, 0.4) is 0 Å². The summed E-state index contributed by atoms with van der Waals surface area (Å²) in [5.74, 6) is -2.19. The van der Waals surface area contributed by atoms with Crippen LogP contribution in [-0.2, 0) is 19.8 Å².